The Kier molecular flexibility index (Phi) is 4.70. The molecule has 3 rings (SSSR count). The number of hydrogen-bond acceptors (Lipinski definition) is 2. The molecule has 3 nitrogen and oxygen atoms in total. The van der Waals surface area contributed by atoms with E-state index in [9.17, 15) is 14.0 Å². The molecule has 0 bridgehead atoms. The second kappa shape index (κ2) is 7.09. The van der Waals surface area contributed by atoms with Crippen molar-refractivity contribution in [3.63, 3.8) is 0 Å². The Morgan fingerprint density at radius 3 is 2.24 bits per heavy atom. The van der Waals surface area contributed by atoms with Gasteiger partial charge in [0.15, 0.2) is 5.78 Å². The van der Waals surface area contributed by atoms with Crippen LogP contribution in [0.15, 0.2) is 72.8 Å². The first-order chi connectivity index (χ1) is 12.0. The first-order valence-corrected chi connectivity index (χ1v) is 7.82. The average molecular weight is 333 g/mol. The van der Waals surface area contributed by atoms with Crippen molar-refractivity contribution >= 4 is 17.4 Å². The number of amides is 1. The fourth-order valence-electron chi connectivity index (χ4n) is 2.48. The molecule has 0 unspecified atom stereocenters. The van der Waals surface area contributed by atoms with Crippen LogP contribution in [0.1, 0.15) is 31.8 Å². The van der Waals surface area contributed by atoms with E-state index in [2.05, 4.69) is 5.32 Å². The Balaban J connectivity index is 1.81. The predicted molar refractivity (Wildman–Crippen MR) is 95.4 cm³/mol. The molecular formula is C21H16FNO2. The van der Waals surface area contributed by atoms with E-state index < -0.39 is 0 Å². The van der Waals surface area contributed by atoms with Crippen molar-refractivity contribution in [3.05, 3.63) is 101 Å². The lowest BCUT2D eigenvalue weighted by Gasteiger charge is -2.08. The van der Waals surface area contributed by atoms with Gasteiger partial charge in [-0.25, -0.2) is 4.39 Å². The molecule has 0 fully saturated rings. The van der Waals surface area contributed by atoms with E-state index in [0.717, 1.165) is 0 Å². The highest BCUT2D eigenvalue weighted by Gasteiger charge is 2.11. The van der Waals surface area contributed by atoms with E-state index in [4.69, 9.17) is 0 Å². The van der Waals surface area contributed by atoms with Crippen molar-refractivity contribution in [2.75, 3.05) is 5.32 Å². The van der Waals surface area contributed by atoms with Crippen LogP contribution >= 0.6 is 0 Å². The van der Waals surface area contributed by atoms with E-state index >= 15 is 0 Å². The number of ketones is 1. The zero-order chi connectivity index (χ0) is 17.8. The summed E-state index contributed by atoms with van der Waals surface area (Å²) in [5.74, 6) is -0.825. The highest BCUT2D eigenvalue weighted by molar-refractivity contribution is 6.10. The van der Waals surface area contributed by atoms with Crippen molar-refractivity contribution in [1.29, 1.82) is 0 Å². The number of rotatable bonds is 4. The fraction of sp³-hybridized carbons (Fsp3) is 0.0476. The van der Waals surface area contributed by atoms with Crippen LogP contribution in [0.25, 0.3) is 0 Å². The highest BCUT2D eigenvalue weighted by atomic mass is 19.1. The molecule has 0 aliphatic carbocycles. The summed E-state index contributed by atoms with van der Waals surface area (Å²) in [5.41, 5.74) is 2.34. The molecule has 3 aromatic rings. The molecule has 1 N–H and O–H groups in total. The fourth-order valence-corrected chi connectivity index (χ4v) is 2.48. The number of nitrogens with one attached hydrogen (secondary N) is 1. The van der Waals surface area contributed by atoms with Crippen LogP contribution in [0.2, 0.25) is 0 Å². The molecular weight excluding hydrogens is 317 g/mol. The smallest absolute Gasteiger partial charge is 0.255 e. The van der Waals surface area contributed by atoms with Crippen molar-refractivity contribution in [1.82, 2.24) is 0 Å². The Hall–Kier alpha value is -3.27. The Labute approximate surface area is 145 Å². The molecule has 25 heavy (non-hydrogen) atoms. The molecule has 0 heterocycles. The normalized spacial score (nSPS) is 10.3. The molecule has 0 aromatic heterocycles. The van der Waals surface area contributed by atoms with E-state index in [1.807, 2.05) is 6.07 Å². The summed E-state index contributed by atoms with van der Waals surface area (Å²) in [6.07, 6.45) is 0. The summed E-state index contributed by atoms with van der Waals surface area (Å²) in [6, 6.07) is 19.9. The van der Waals surface area contributed by atoms with Gasteiger partial charge >= 0.3 is 0 Å². The summed E-state index contributed by atoms with van der Waals surface area (Å²) in [6.45, 7) is 1.60. The molecule has 0 saturated heterocycles. The first kappa shape index (κ1) is 16.6. The third kappa shape index (κ3) is 3.80. The van der Waals surface area contributed by atoms with Gasteiger partial charge in [0.25, 0.3) is 5.91 Å². The third-order valence-corrected chi connectivity index (χ3v) is 3.84. The second-order valence-corrected chi connectivity index (χ2v) is 5.69. The largest absolute Gasteiger partial charge is 0.322 e. The second-order valence-electron chi connectivity index (χ2n) is 5.69. The monoisotopic (exact) mass is 333 g/mol. The quantitative estimate of drug-likeness (QED) is 0.708. The third-order valence-electron chi connectivity index (χ3n) is 3.84. The minimum absolute atomic E-state index is 0.116. The summed E-state index contributed by atoms with van der Waals surface area (Å²) in [5, 5.41) is 2.74. The van der Waals surface area contributed by atoms with Crippen molar-refractivity contribution in [2.45, 2.75) is 6.92 Å². The molecule has 0 saturated carbocycles. The molecule has 0 aliphatic heterocycles. The van der Waals surface area contributed by atoms with Crippen LogP contribution in [-0.2, 0) is 0 Å². The Bertz CT molecular complexity index is 936. The molecule has 0 radical (unpaired) electrons. The topological polar surface area (TPSA) is 46.2 Å². The molecule has 124 valence electrons. The summed E-state index contributed by atoms with van der Waals surface area (Å²) < 4.78 is 13.3. The summed E-state index contributed by atoms with van der Waals surface area (Å²) in [7, 11) is 0. The minimum atomic E-state index is -0.355. The van der Waals surface area contributed by atoms with Crippen molar-refractivity contribution < 1.29 is 14.0 Å². The van der Waals surface area contributed by atoms with E-state index in [0.29, 0.717) is 27.9 Å². The van der Waals surface area contributed by atoms with Crippen LogP contribution in [-0.4, -0.2) is 11.7 Å². The number of carbonyl (C=O) groups excluding carboxylic acids is 2. The number of benzene rings is 3. The Morgan fingerprint density at radius 1 is 0.800 bits per heavy atom. The van der Waals surface area contributed by atoms with Crippen LogP contribution in [0, 0.1) is 12.7 Å². The SMILES string of the molecule is Cc1cc(C(=O)Nc2cccc(C(=O)c3ccccc3)c2)ccc1F. The Morgan fingerprint density at radius 2 is 1.52 bits per heavy atom. The van der Waals surface area contributed by atoms with Crippen LogP contribution in [0.5, 0.6) is 0 Å². The van der Waals surface area contributed by atoms with Gasteiger partial charge in [0, 0.05) is 22.4 Å². The number of carbonyl (C=O) groups is 2. The van der Waals surface area contributed by atoms with E-state index in [1.165, 1.54) is 18.2 Å². The molecule has 1 amide bonds. The van der Waals surface area contributed by atoms with Gasteiger partial charge in [-0.2, -0.15) is 0 Å². The first-order valence-electron chi connectivity index (χ1n) is 7.82. The van der Waals surface area contributed by atoms with Gasteiger partial charge in [0.2, 0.25) is 0 Å². The average Bonchev–Trinajstić information content (AvgIpc) is 2.64. The lowest BCUT2D eigenvalue weighted by atomic mass is 10.0. The summed E-state index contributed by atoms with van der Waals surface area (Å²) in [4.78, 5) is 24.8. The zero-order valence-electron chi connectivity index (χ0n) is 13.6. The van der Waals surface area contributed by atoms with Crippen LogP contribution < -0.4 is 5.32 Å². The number of hydrogen-bond donors (Lipinski definition) is 1. The van der Waals surface area contributed by atoms with Gasteiger partial charge in [-0.15, -0.1) is 0 Å². The van der Waals surface area contributed by atoms with E-state index in [-0.39, 0.29) is 17.5 Å². The standard InChI is InChI=1S/C21H16FNO2/c1-14-12-17(10-11-19(14)22)21(25)23-18-9-5-8-16(13-18)20(24)15-6-3-2-4-7-15/h2-13H,1H3,(H,23,25). The summed E-state index contributed by atoms with van der Waals surface area (Å²) >= 11 is 0. The molecule has 0 atom stereocenters. The lowest BCUT2D eigenvalue weighted by Crippen LogP contribution is -2.13. The maximum atomic E-state index is 13.3. The van der Waals surface area contributed by atoms with Gasteiger partial charge in [0.05, 0.1) is 0 Å². The predicted octanol–water partition coefficient (Wildman–Crippen LogP) is 4.62. The van der Waals surface area contributed by atoms with Crippen molar-refractivity contribution in [2.24, 2.45) is 0 Å². The molecule has 0 aliphatic rings. The van der Waals surface area contributed by atoms with Gasteiger partial charge < -0.3 is 5.32 Å². The number of halogens is 1. The van der Waals surface area contributed by atoms with Crippen LogP contribution in [0.4, 0.5) is 10.1 Å². The maximum Gasteiger partial charge on any atom is 0.255 e. The van der Waals surface area contributed by atoms with Gasteiger partial charge in [-0.1, -0.05) is 42.5 Å². The van der Waals surface area contributed by atoms with Crippen molar-refractivity contribution in [3.8, 4) is 0 Å². The lowest BCUT2D eigenvalue weighted by molar-refractivity contribution is 0.102. The molecule has 3 aromatic carbocycles. The van der Waals surface area contributed by atoms with Gasteiger partial charge in [0.1, 0.15) is 5.82 Å². The molecule has 0 spiro atoms. The molecule has 4 heteroatoms. The number of anilines is 1. The van der Waals surface area contributed by atoms with Crippen LogP contribution in [0.3, 0.4) is 0 Å². The van der Waals surface area contributed by atoms with E-state index in [1.54, 1.807) is 55.5 Å². The minimum Gasteiger partial charge on any atom is -0.322 e. The zero-order valence-corrected chi connectivity index (χ0v) is 13.6. The number of aryl methyl sites for hydroxylation is 1. The maximum absolute atomic E-state index is 13.3. The van der Waals surface area contributed by atoms with Gasteiger partial charge in [-0.05, 0) is 42.8 Å². The highest BCUT2D eigenvalue weighted by Crippen LogP contribution is 2.17. The van der Waals surface area contributed by atoms with Gasteiger partial charge in [-0.3, -0.25) is 9.59 Å².